The second-order valence-electron chi connectivity index (χ2n) is 4.90. The molecule has 1 saturated heterocycles. The van der Waals surface area contributed by atoms with Gasteiger partial charge in [0, 0.05) is 31.2 Å². The van der Waals surface area contributed by atoms with Crippen LogP contribution >= 0.6 is 0 Å². The van der Waals surface area contributed by atoms with E-state index in [9.17, 15) is 26.0 Å². The molecule has 0 aromatic heterocycles. The fraction of sp³-hybridized carbons (Fsp3) is 0.500. The molecule has 1 N–H and O–H groups in total. The van der Waals surface area contributed by atoms with Gasteiger partial charge in [0.25, 0.3) is 0 Å². The van der Waals surface area contributed by atoms with E-state index in [0.29, 0.717) is 0 Å². The molecule has 1 aromatic carbocycles. The Kier molecular flexibility index (Phi) is 4.27. The molecule has 1 heterocycles. The summed E-state index contributed by atoms with van der Waals surface area (Å²) in [5.41, 5.74) is 0. The number of rotatable bonds is 2. The Morgan fingerprint density at radius 3 is 2.19 bits per heavy atom. The fourth-order valence-corrected chi connectivity index (χ4v) is 4.09. The Labute approximate surface area is 119 Å². The molecule has 2 atom stereocenters. The van der Waals surface area contributed by atoms with Crippen molar-refractivity contribution in [2.45, 2.75) is 30.8 Å². The van der Waals surface area contributed by atoms with E-state index in [1.807, 2.05) is 0 Å². The lowest BCUT2D eigenvalue weighted by molar-refractivity contribution is 0.231. The number of nitrogens with zero attached hydrogens (tertiary/aromatic N) is 1. The minimum absolute atomic E-state index is 0.0203. The summed E-state index contributed by atoms with van der Waals surface area (Å²) in [5.74, 6) is -7.31. The van der Waals surface area contributed by atoms with Gasteiger partial charge in [-0.3, -0.25) is 0 Å². The smallest absolute Gasteiger partial charge is 0.249 e. The third-order valence-corrected chi connectivity index (χ3v) is 5.62. The highest BCUT2D eigenvalue weighted by Crippen LogP contribution is 2.28. The predicted octanol–water partition coefficient (Wildman–Crippen LogP) is 1.61. The zero-order valence-corrected chi connectivity index (χ0v) is 12.1. The SMILES string of the molecule is CC1NCCN(S(=O)(=O)c2c(F)c(F)cc(F)c2F)C1C. The third-order valence-electron chi connectivity index (χ3n) is 3.61. The van der Waals surface area contributed by atoms with Gasteiger partial charge in [-0.05, 0) is 13.8 Å². The summed E-state index contributed by atoms with van der Waals surface area (Å²) in [6.07, 6.45) is 0. The molecule has 2 rings (SSSR count). The van der Waals surface area contributed by atoms with E-state index >= 15 is 0 Å². The van der Waals surface area contributed by atoms with E-state index in [2.05, 4.69) is 5.32 Å². The average Bonchev–Trinajstić information content (AvgIpc) is 2.39. The highest BCUT2D eigenvalue weighted by atomic mass is 32.2. The molecule has 2 unspecified atom stereocenters. The van der Waals surface area contributed by atoms with Gasteiger partial charge in [0.05, 0.1) is 0 Å². The number of hydrogen-bond acceptors (Lipinski definition) is 3. The van der Waals surface area contributed by atoms with Crippen molar-refractivity contribution < 1.29 is 26.0 Å². The molecule has 4 nitrogen and oxygen atoms in total. The largest absolute Gasteiger partial charge is 0.311 e. The van der Waals surface area contributed by atoms with Crippen molar-refractivity contribution in [2.24, 2.45) is 0 Å². The zero-order valence-electron chi connectivity index (χ0n) is 11.3. The second kappa shape index (κ2) is 5.54. The lowest BCUT2D eigenvalue weighted by atomic mass is 10.1. The quantitative estimate of drug-likeness (QED) is 0.664. The maximum atomic E-state index is 13.7. The monoisotopic (exact) mass is 326 g/mol. The van der Waals surface area contributed by atoms with Crippen molar-refractivity contribution in [3.63, 3.8) is 0 Å². The molecule has 1 fully saturated rings. The third kappa shape index (κ3) is 2.65. The molecule has 1 aromatic rings. The van der Waals surface area contributed by atoms with Gasteiger partial charge in [-0.1, -0.05) is 0 Å². The van der Waals surface area contributed by atoms with Crippen LogP contribution in [0.1, 0.15) is 13.8 Å². The van der Waals surface area contributed by atoms with E-state index in [4.69, 9.17) is 0 Å². The standard InChI is InChI=1S/C12H14F4N2O2S/c1-6-7(2)18(4-3-17-6)21(19,20)12-10(15)8(13)5-9(14)11(12)16/h5-7,17H,3-4H2,1-2H3. The van der Waals surface area contributed by atoms with Crippen molar-refractivity contribution >= 4 is 10.0 Å². The molecule has 0 bridgehead atoms. The number of hydrogen-bond donors (Lipinski definition) is 1. The van der Waals surface area contributed by atoms with Crippen molar-refractivity contribution in [2.75, 3.05) is 13.1 Å². The van der Waals surface area contributed by atoms with Crippen LogP contribution in [-0.2, 0) is 10.0 Å². The summed E-state index contributed by atoms with van der Waals surface area (Å²) in [5, 5.41) is 3.00. The number of sulfonamides is 1. The normalized spacial score (nSPS) is 24.3. The van der Waals surface area contributed by atoms with Gasteiger partial charge < -0.3 is 5.32 Å². The van der Waals surface area contributed by atoms with Crippen LogP contribution in [0.5, 0.6) is 0 Å². The molecule has 0 amide bonds. The number of piperazine rings is 1. The predicted molar refractivity (Wildman–Crippen MR) is 67.1 cm³/mol. The highest BCUT2D eigenvalue weighted by Gasteiger charge is 2.39. The molecule has 9 heteroatoms. The van der Waals surface area contributed by atoms with E-state index in [-0.39, 0.29) is 25.2 Å². The van der Waals surface area contributed by atoms with Gasteiger partial charge in [0.15, 0.2) is 28.2 Å². The van der Waals surface area contributed by atoms with Gasteiger partial charge in [-0.25, -0.2) is 26.0 Å². The maximum absolute atomic E-state index is 13.7. The fourth-order valence-electron chi connectivity index (χ4n) is 2.26. The van der Waals surface area contributed by atoms with Gasteiger partial charge in [0.1, 0.15) is 0 Å². The molecular weight excluding hydrogens is 312 g/mol. The van der Waals surface area contributed by atoms with Crippen LogP contribution in [0.25, 0.3) is 0 Å². The minimum Gasteiger partial charge on any atom is -0.311 e. The summed E-state index contributed by atoms with van der Waals surface area (Å²) < 4.78 is 79.4. The van der Waals surface area contributed by atoms with Gasteiger partial charge in [0.2, 0.25) is 10.0 Å². The Hall–Kier alpha value is -1.19. The minimum atomic E-state index is -4.69. The van der Waals surface area contributed by atoms with Crippen LogP contribution in [0.3, 0.4) is 0 Å². The Morgan fingerprint density at radius 2 is 1.67 bits per heavy atom. The maximum Gasteiger partial charge on any atom is 0.249 e. The van der Waals surface area contributed by atoms with E-state index in [1.54, 1.807) is 13.8 Å². The Bertz CT molecular complexity index is 639. The van der Waals surface area contributed by atoms with Crippen LogP contribution in [0.4, 0.5) is 17.6 Å². The molecule has 1 aliphatic heterocycles. The summed E-state index contributed by atoms with van der Waals surface area (Å²) in [6.45, 7) is 3.46. The number of benzene rings is 1. The molecular formula is C12H14F4N2O2S. The zero-order chi connectivity index (χ0) is 15.9. The van der Waals surface area contributed by atoms with Gasteiger partial charge in [-0.2, -0.15) is 4.31 Å². The average molecular weight is 326 g/mol. The molecule has 0 radical (unpaired) electrons. The first-order valence-corrected chi connectivity index (χ1v) is 7.70. The van der Waals surface area contributed by atoms with Gasteiger partial charge in [-0.15, -0.1) is 0 Å². The van der Waals surface area contributed by atoms with Crippen molar-refractivity contribution in [1.29, 1.82) is 0 Å². The molecule has 118 valence electrons. The first kappa shape index (κ1) is 16.2. The van der Waals surface area contributed by atoms with E-state index in [0.717, 1.165) is 4.31 Å². The van der Waals surface area contributed by atoms with E-state index < -0.39 is 44.2 Å². The molecule has 0 spiro atoms. The van der Waals surface area contributed by atoms with Gasteiger partial charge >= 0.3 is 0 Å². The molecule has 0 aliphatic carbocycles. The topological polar surface area (TPSA) is 49.4 Å². The molecule has 0 saturated carbocycles. The van der Waals surface area contributed by atoms with Crippen molar-refractivity contribution in [3.05, 3.63) is 29.3 Å². The summed E-state index contributed by atoms with van der Waals surface area (Å²) in [7, 11) is -4.69. The molecule has 1 aliphatic rings. The first-order valence-electron chi connectivity index (χ1n) is 6.26. The first-order chi connectivity index (χ1) is 9.67. The highest BCUT2D eigenvalue weighted by molar-refractivity contribution is 7.89. The number of halogens is 4. The van der Waals surface area contributed by atoms with Crippen LogP contribution in [-0.4, -0.2) is 37.9 Å². The van der Waals surface area contributed by atoms with Crippen LogP contribution in [0, 0.1) is 23.3 Å². The van der Waals surface area contributed by atoms with Crippen molar-refractivity contribution in [1.82, 2.24) is 9.62 Å². The summed E-state index contributed by atoms with van der Waals surface area (Å²) >= 11 is 0. The van der Waals surface area contributed by atoms with E-state index in [1.165, 1.54) is 0 Å². The molecule has 21 heavy (non-hydrogen) atoms. The second-order valence-corrected chi connectivity index (χ2v) is 6.72. The Balaban J connectivity index is 2.60. The Morgan fingerprint density at radius 1 is 1.14 bits per heavy atom. The van der Waals surface area contributed by atoms with Crippen LogP contribution in [0.15, 0.2) is 11.0 Å². The number of nitrogens with one attached hydrogen (secondary N) is 1. The lowest BCUT2D eigenvalue weighted by Crippen LogP contribution is -2.57. The van der Waals surface area contributed by atoms with Crippen LogP contribution in [0.2, 0.25) is 0 Å². The summed E-state index contributed by atoms with van der Waals surface area (Å²) in [4.78, 5) is -1.58. The lowest BCUT2D eigenvalue weighted by Gasteiger charge is -2.37. The summed E-state index contributed by atoms with van der Waals surface area (Å²) in [6, 6.07) is -0.903. The van der Waals surface area contributed by atoms with Crippen LogP contribution < -0.4 is 5.32 Å². The van der Waals surface area contributed by atoms with Crippen molar-refractivity contribution in [3.8, 4) is 0 Å².